The SMILES string of the molecule is Cc1c(F)cccc1-c1cc(N2CCN(S(C)(=O)=O)CC2)ncc1N(C)C(=O)C(C)(C)c1cc(C(F)(F)F)cc(C(F)(F)F)c1. The summed E-state index contributed by atoms with van der Waals surface area (Å²) in [5.74, 6) is -0.989. The summed E-state index contributed by atoms with van der Waals surface area (Å²) in [6.45, 7) is 4.93. The number of halogens is 7. The van der Waals surface area contributed by atoms with E-state index in [1.165, 1.54) is 50.5 Å². The number of hydrogen-bond donors (Lipinski definition) is 0. The van der Waals surface area contributed by atoms with Gasteiger partial charge in [-0.25, -0.2) is 17.8 Å². The molecule has 1 aliphatic heterocycles. The van der Waals surface area contributed by atoms with E-state index in [0.29, 0.717) is 42.2 Å². The van der Waals surface area contributed by atoms with Crippen molar-refractivity contribution in [2.45, 2.75) is 38.5 Å². The van der Waals surface area contributed by atoms with Gasteiger partial charge in [-0.05, 0) is 67.8 Å². The van der Waals surface area contributed by atoms with Crippen molar-refractivity contribution < 1.29 is 43.9 Å². The van der Waals surface area contributed by atoms with E-state index >= 15 is 0 Å². The molecule has 2 heterocycles. The van der Waals surface area contributed by atoms with Crippen LogP contribution in [0.5, 0.6) is 0 Å². The monoisotopic (exact) mass is 660 g/mol. The minimum atomic E-state index is -5.10. The molecule has 3 aromatic rings. The lowest BCUT2D eigenvalue weighted by Gasteiger charge is -2.35. The lowest BCUT2D eigenvalue weighted by atomic mass is 9.81. The molecule has 244 valence electrons. The zero-order valence-corrected chi connectivity index (χ0v) is 25.8. The molecule has 7 nitrogen and oxygen atoms in total. The Labute approximate surface area is 256 Å². The number of benzene rings is 2. The van der Waals surface area contributed by atoms with Gasteiger partial charge in [-0.3, -0.25) is 4.79 Å². The first kappa shape index (κ1) is 34.2. The van der Waals surface area contributed by atoms with E-state index in [1.54, 1.807) is 12.1 Å². The fraction of sp³-hybridized carbons (Fsp3) is 0.400. The second kappa shape index (κ2) is 11.9. The van der Waals surface area contributed by atoms with Gasteiger partial charge in [0.15, 0.2) is 0 Å². The van der Waals surface area contributed by atoms with Crippen molar-refractivity contribution in [1.82, 2.24) is 9.29 Å². The molecule has 15 heteroatoms. The van der Waals surface area contributed by atoms with Gasteiger partial charge in [0, 0.05) is 38.8 Å². The molecule has 1 fully saturated rings. The Hall–Kier alpha value is -3.72. The third-order valence-electron chi connectivity index (χ3n) is 7.97. The lowest BCUT2D eigenvalue weighted by molar-refractivity contribution is -0.143. The lowest BCUT2D eigenvalue weighted by Crippen LogP contribution is -2.48. The number of hydrogen-bond acceptors (Lipinski definition) is 5. The molecule has 0 bridgehead atoms. The number of alkyl halides is 6. The molecule has 0 saturated carbocycles. The van der Waals surface area contributed by atoms with Gasteiger partial charge < -0.3 is 9.80 Å². The Bertz CT molecular complexity index is 1680. The van der Waals surface area contributed by atoms with Crippen LogP contribution in [0.15, 0.2) is 48.7 Å². The Balaban J connectivity index is 1.79. The zero-order chi connectivity index (χ0) is 33.7. The van der Waals surface area contributed by atoms with E-state index in [4.69, 9.17) is 0 Å². The van der Waals surface area contributed by atoms with Crippen LogP contribution in [-0.2, 0) is 32.6 Å². The quantitative estimate of drug-likeness (QED) is 0.292. The summed E-state index contributed by atoms with van der Waals surface area (Å²) in [4.78, 5) is 21.3. The van der Waals surface area contributed by atoms with Crippen LogP contribution in [0.2, 0.25) is 0 Å². The highest BCUT2D eigenvalue weighted by Gasteiger charge is 2.41. The summed E-state index contributed by atoms with van der Waals surface area (Å²) in [5, 5.41) is 0. The number of likely N-dealkylation sites (N-methyl/N-ethyl adjacent to an activating group) is 1. The first-order chi connectivity index (χ1) is 20.6. The minimum absolute atomic E-state index is 0.00299. The second-order valence-electron chi connectivity index (χ2n) is 11.4. The third kappa shape index (κ3) is 7.08. The van der Waals surface area contributed by atoms with Crippen LogP contribution >= 0.6 is 0 Å². The van der Waals surface area contributed by atoms with Gasteiger partial charge in [0.05, 0.1) is 34.7 Å². The first-order valence-corrected chi connectivity index (χ1v) is 15.5. The maximum Gasteiger partial charge on any atom is 0.416 e. The van der Waals surface area contributed by atoms with Crippen molar-refractivity contribution >= 4 is 27.4 Å². The third-order valence-corrected chi connectivity index (χ3v) is 9.27. The Kier molecular flexibility index (Phi) is 9.03. The normalized spacial score (nSPS) is 15.3. The van der Waals surface area contributed by atoms with Crippen molar-refractivity contribution in [3.63, 3.8) is 0 Å². The van der Waals surface area contributed by atoms with Crippen molar-refractivity contribution in [3.8, 4) is 11.1 Å². The molecule has 0 aliphatic carbocycles. The van der Waals surface area contributed by atoms with Crippen LogP contribution in [0.25, 0.3) is 11.1 Å². The Morgan fingerprint density at radius 1 is 0.867 bits per heavy atom. The molecule has 0 radical (unpaired) electrons. The molecule has 4 rings (SSSR count). The van der Waals surface area contributed by atoms with E-state index in [0.717, 1.165) is 11.2 Å². The second-order valence-corrected chi connectivity index (χ2v) is 13.4. The summed E-state index contributed by atoms with van der Waals surface area (Å²) in [6, 6.07) is 6.95. The standard InChI is InChI=1S/C30H31F7N4O3S/c1-18-22(7-6-8-24(18)31)23-16-26(40-9-11-41(12-10-40)45(5,43)44)38-17-25(23)39(4)27(42)28(2,3)19-13-20(29(32,33)34)15-21(14-19)30(35,36)37/h6-8,13-17H,9-12H2,1-5H3. The fourth-order valence-corrected chi connectivity index (χ4v) is 6.04. The Morgan fingerprint density at radius 2 is 1.40 bits per heavy atom. The van der Waals surface area contributed by atoms with Crippen LogP contribution in [0.4, 0.5) is 42.2 Å². The van der Waals surface area contributed by atoms with Gasteiger partial charge in [0.2, 0.25) is 15.9 Å². The molecule has 1 aromatic heterocycles. The smallest absolute Gasteiger partial charge is 0.354 e. The number of pyridine rings is 1. The average molecular weight is 661 g/mol. The maximum absolute atomic E-state index is 14.7. The highest BCUT2D eigenvalue weighted by molar-refractivity contribution is 7.88. The number of amides is 1. The number of rotatable bonds is 6. The van der Waals surface area contributed by atoms with E-state index in [2.05, 4.69) is 4.98 Å². The van der Waals surface area contributed by atoms with Gasteiger partial charge in [-0.2, -0.15) is 30.6 Å². The molecule has 0 unspecified atom stereocenters. The van der Waals surface area contributed by atoms with Crippen molar-refractivity contribution in [2.24, 2.45) is 0 Å². The predicted molar refractivity (Wildman–Crippen MR) is 156 cm³/mol. The zero-order valence-electron chi connectivity index (χ0n) is 25.0. The number of carbonyl (C=O) groups excluding carboxylic acids is 1. The molecule has 1 amide bonds. The number of aromatic nitrogens is 1. The summed E-state index contributed by atoms with van der Waals surface area (Å²) in [7, 11) is -2.10. The van der Waals surface area contributed by atoms with E-state index in [9.17, 15) is 43.9 Å². The number of piperazine rings is 1. The topological polar surface area (TPSA) is 73.8 Å². The number of sulfonamides is 1. The highest BCUT2D eigenvalue weighted by atomic mass is 32.2. The molecule has 1 saturated heterocycles. The largest absolute Gasteiger partial charge is 0.416 e. The van der Waals surface area contributed by atoms with Gasteiger partial charge in [-0.1, -0.05) is 12.1 Å². The van der Waals surface area contributed by atoms with Crippen LogP contribution in [0.3, 0.4) is 0 Å². The molecule has 2 aromatic carbocycles. The molecule has 0 atom stereocenters. The van der Waals surface area contributed by atoms with E-state index in [-0.39, 0.29) is 30.4 Å². The fourth-order valence-electron chi connectivity index (χ4n) is 5.21. The summed E-state index contributed by atoms with van der Waals surface area (Å²) in [5.41, 5.74) is -4.42. The number of nitrogens with zero attached hydrogens (tertiary/aromatic N) is 4. The van der Waals surface area contributed by atoms with Gasteiger partial charge >= 0.3 is 12.4 Å². The maximum atomic E-state index is 14.7. The summed E-state index contributed by atoms with van der Waals surface area (Å²) < 4.78 is 121. The van der Waals surface area contributed by atoms with E-state index in [1.807, 2.05) is 4.90 Å². The summed E-state index contributed by atoms with van der Waals surface area (Å²) >= 11 is 0. The Morgan fingerprint density at radius 3 is 1.91 bits per heavy atom. The molecule has 1 aliphatic rings. The molecule has 0 spiro atoms. The molecular weight excluding hydrogens is 629 g/mol. The first-order valence-electron chi connectivity index (χ1n) is 13.7. The van der Waals surface area contributed by atoms with Gasteiger partial charge in [0.1, 0.15) is 11.6 Å². The van der Waals surface area contributed by atoms with Crippen molar-refractivity contribution in [3.05, 3.63) is 76.7 Å². The molecule has 0 N–H and O–H groups in total. The van der Waals surface area contributed by atoms with Crippen molar-refractivity contribution in [1.29, 1.82) is 0 Å². The predicted octanol–water partition coefficient (Wildman–Crippen LogP) is 6.26. The van der Waals surface area contributed by atoms with Crippen molar-refractivity contribution in [2.75, 3.05) is 49.3 Å². The van der Waals surface area contributed by atoms with Crippen LogP contribution < -0.4 is 9.80 Å². The average Bonchev–Trinajstić information content (AvgIpc) is 2.96. The number of carbonyl (C=O) groups is 1. The van der Waals surface area contributed by atoms with Crippen LogP contribution in [-0.4, -0.2) is 63.1 Å². The molecule has 45 heavy (non-hydrogen) atoms. The van der Waals surface area contributed by atoms with E-state index < -0.39 is 56.2 Å². The highest BCUT2D eigenvalue weighted by Crippen LogP contribution is 2.41. The minimum Gasteiger partial charge on any atom is -0.354 e. The van der Waals surface area contributed by atoms with Gasteiger partial charge in [-0.15, -0.1) is 0 Å². The molecular formula is C30H31F7N4O3S. The van der Waals surface area contributed by atoms with Crippen LogP contribution in [0, 0.1) is 12.7 Å². The summed E-state index contributed by atoms with van der Waals surface area (Å²) in [6.07, 6.45) is -7.78. The number of anilines is 2. The van der Waals surface area contributed by atoms with Gasteiger partial charge in [0.25, 0.3) is 0 Å². The van der Waals surface area contributed by atoms with Crippen LogP contribution in [0.1, 0.15) is 36.1 Å².